The molecule has 8 heteroatoms. The second kappa shape index (κ2) is 8.43. The van der Waals surface area contributed by atoms with Crippen LogP contribution in [0.25, 0.3) is 0 Å². The Kier molecular flexibility index (Phi) is 5.78. The predicted octanol–water partition coefficient (Wildman–Crippen LogP) is 2.22. The average Bonchev–Trinajstić information content (AvgIpc) is 2.72. The fourth-order valence-corrected chi connectivity index (χ4v) is 2.69. The number of methoxy groups -OCH3 is 2. The van der Waals surface area contributed by atoms with Gasteiger partial charge >= 0.3 is 5.97 Å². The zero-order valence-electron chi connectivity index (χ0n) is 15.4. The van der Waals surface area contributed by atoms with Gasteiger partial charge in [-0.25, -0.2) is 0 Å². The summed E-state index contributed by atoms with van der Waals surface area (Å²) >= 11 is 0. The van der Waals surface area contributed by atoms with Crippen molar-refractivity contribution in [3.8, 4) is 17.2 Å². The van der Waals surface area contributed by atoms with Gasteiger partial charge in [0, 0.05) is 6.07 Å². The molecule has 0 saturated heterocycles. The number of hydrogen-bond acceptors (Lipinski definition) is 7. The van der Waals surface area contributed by atoms with Crippen molar-refractivity contribution in [1.82, 2.24) is 0 Å². The van der Waals surface area contributed by atoms with Gasteiger partial charge in [-0.2, -0.15) is 0 Å². The zero-order valence-corrected chi connectivity index (χ0v) is 15.4. The van der Waals surface area contributed by atoms with Crippen molar-refractivity contribution >= 4 is 23.3 Å². The highest BCUT2D eigenvalue weighted by atomic mass is 16.5. The lowest BCUT2D eigenvalue weighted by Gasteiger charge is -2.25. The number of nitrogens with one attached hydrogen (secondary N) is 1. The first-order valence-electron chi connectivity index (χ1n) is 8.49. The lowest BCUT2D eigenvalue weighted by Crippen LogP contribution is -2.39. The lowest BCUT2D eigenvalue weighted by molar-refractivity contribution is -0.146. The Bertz CT molecular complexity index is 909. The van der Waals surface area contributed by atoms with Crippen LogP contribution in [0.4, 0.5) is 5.69 Å². The normalized spacial score (nSPS) is 14.9. The molecule has 1 N–H and O–H groups in total. The second-order valence-corrected chi connectivity index (χ2v) is 5.95. The Morgan fingerprint density at radius 3 is 2.64 bits per heavy atom. The third kappa shape index (κ3) is 4.22. The van der Waals surface area contributed by atoms with Crippen molar-refractivity contribution in [3.05, 3.63) is 48.0 Å². The zero-order chi connectivity index (χ0) is 20.1. The van der Waals surface area contributed by atoms with E-state index in [1.165, 1.54) is 20.3 Å². The molecular weight excluding hydrogens is 366 g/mol. The van der Waals surface area contributed by atoms with Crippen LogP contribution in [0, 0.1) is 0 Å². The molecule has 1 aliphatic rings. The van der Waals surface area contributed by atoms with E-state index in [4.69, 9.17) is 18.9 Å². The number of carbonyl (C=O) groups excluding carboxylic acids is 3. The highest BCUT2D eigenvalue weighted by molar-refractivity contribution is 6.01. The van der Waals surface area contributed by atoms with Gasteiger partial charge in [-0.15, -0.1) is 0 Å². The molecule has 0 spiro atoms. The summed E-state index contributed by atoms with van der Waals surface area (Å²) in [6.07, 6.45) is -1.33. The number of ketones is 1. The number of anilines is 1. The first kappa shape index (κ1) is 19.2. The van der Waals surface area contributed by atoms with Gasteiger partial charge < -0.3 is 24.3 Å². The van der Waals surface area contributed by atoms with E-state index < -0.39 is 30.4 Å². The number of benzene rings is 2. The molecule has 1 atom stereocenters. The van der Waals surface area contributed by atoms with Crippen molar-refractivity contribution in [1.29, 1.82) is 0 Å². The quantitative estimate of drug-likeness (QED) is 0.576. The number of hydrogen-bond donors (Lipinski definition) is 1. The Hall–Kier alpha value is -3.55. The predicted molar refractivity (Wildman–Crippen MR) is 98.9 cm³/mol. The van der Waals surface area contributed by atoms with Crippen LogP contribution in [0.1, 0.15) is 16.8 Å². The molecule has 0 radical (unpaired) electrons. The Balaban J connectivity index is 1.57. The molecule has 1 heterocycles. The molecule has 0 aromatic heterocycles. The standard InChI is InChI=1S/C20H19NO7/c1-25-12-7-8-13(17(9-12)26-2)15(22)11-27-19(23)10-18-20(24)21-14-5-3-4-6-16(14)28-18/h3-9,18H,10-11H2,1-2H3,(H,21,24). The van der Waals surface area contributed by atoms with E-state index in [2.05, 4.69) is 5.32 Å². The topological polar surface area (TPSA) is 100 Å². The summed E-state index contributed by atoms with van der Waals surface area (Å²) in [7, 11) is 2.92. The van der Waals surface area contributed by atoms with Crippen LogP contribution in [-0.4, -0.2) is 44.6 Å². The molecule has 146 valence electrons. The van der Waals surface area contributed by atoms with Crippen LogP contribution < -0.4 is 19.5 Å². The fraction of sp³-hybridized carbons (Fsp3) is 0.250. The van der Waals surface area contributed by atoms with Gasteiger partial charge in [0.15, 0.2) is 12.7 Å². The van der Waals surface area contributed by atoms with E-state index in [0.29, 0.717) is 22.9 Å². The molecule has 2 aromatic rings. The number of rotatable bonds is 7. The minimum atomic E-state index is -1.02. The van der Waals surface area contributed by atoms with Gasteiger partial charge in [0.25, 0.3) is 5.91 Å². The number of fused-ring (bicyclic) bond motifs is 1. The summed E-state index contributed by atoms with van der Waals surface area (Å²) in [5, 5.41) is 2.66. The van der Waals surface area contributed by atoms with Crippen LogP contribution in [-0.2, 0) is 14.3 Å². The summed E-state index contributed by atoms with van der Waals surface area (Å²) < 4.78 is 20.8. The van der Waals surface area contributed by atoms with Crippen LogP contribution in [0.15, 0.2) is 42.5 Å². The molecular formula is C20H19NO7. The van der Waals surface area contributed by atoms with Crippen LogP contribution >= 0.6 is 0 Å². The highest BCUT2D eigenvalue weighted by Crippen LogP contribution is 2.29. The first-order valence-corrected chi connectivity index (χ1v) is 8.49. The number of carbonyl (C=O) groups is 3. The van der Waals surface area contributed by atoms with Crippen molar-refractivity contribution in [2.45, 2.75) is 12.5 Å². The van der Waals surface area contributed by atoms with Gasteiger partial charge in [0.05, 0.1) is 31.9 Å². The van der Waals surface area contributed by atoms with Gasteiger partial charge in [0.2, 0.25) is 5.78 Å². The first-order chi connectivity index (χ1) is 13.5. The van der Waals surface area contributed by atoms with Crippen molar-refractivity contribution in [2.24, 2.45) is 0 Å². The summed E-state index contributed by atoms with van der Waals surface area (Å²) in [6.45, 7) is -0.480. The molecule has 1 amide bonds. The molecule has 3 rings (SSSR count). The summed E-state index contributed by atoms with van der Waals surface area (Å²) in [5.41, 5.74) is 0.801. The lowest BCUT2D eigenvalue weighted by atomic mass is 10.1. The molecule has 8 nitrogen and oxygen atoms in total. The van der Waals surface area contributed by atoms with Crippen LogP contribution in [0.2, 0.25) is 0 Å². The van der Waals surface area contributed by atoms with Crippen LogP contribution in [0.3, 0.4) is 0 Å². The SMILES string of the molecule is COc1ccc(C(=O)COC(=O)CC2Oc3ccccc3NC2=O)c(OC)c1. The van der Waals surface area contributed by atoms with E-state index in [1.807, 2.05) is 0 Å². The minimum Gasteiger partial charge on any atom is -0.497 e. The largest absolute Gasteiger partial charge is 0.497 e. The third-order valence-electron chi connectivity index (χ3n) is 4.13. The summed E-state index contributed by atoms with van der Waals surface area (Å²) in [6, 6.07) is 11.6. The van der Waals surface area contributed by atoms with E-state index >= 15 is 0 Å². The monoisotopic (exact) mass is 385 g/mol. The van der Waals surface area contributed by atoms with Gasteiger partial charge in [0.1, 0.15) is 17.2 Å². The van der Waals surface area contributed by atoms with E-state index in [1.54, 1.807) is 36.4 Å². The smallest absolute Gasteiger partial charge is 0.310 e. The number of amides is 1. The molecule has 1 aliphatic heterocycles. The van der Waals surface area contributed by atoms with Gasteiger partial charge in [-0.3, -0.25) is 14.4 Å². The fourth-order valence-electron chi connectivity index (χ4n) is 2.69. The maximum absolute atomic E-state index is 12.3. The second-order valence-electron chi connectivity index (χ2n) is 5.95. The molecule has 1 unspecified atom stereocenters. The molecule has 0 fully saturated rings. The molecule has 28 heavy (non-hydrogen) atoms. The summed E-state index contributed by atoms with van der Waals surface area (Å²) in [5.74, 6) is -0.288. The highest BCUT2D eigenvalue weighted by Gasteiger charge is 2.30. The molecule has 0 bridgehead atoms. The molecule has 2 aromatic carbocycles. The summed E-state index contributed by atoms with van der Waals surface area (Å²) in [4.78, 5) is 36.5. The number of esters is 1. The van der Waals surface area contributed by atoms with E-state index in [9.17, 15) is 14.4 Å². The van der Waals surface area contributed by atoms with Crippen molar-refractivity contribution < 1.29 is 33.3 Å². The number of para-hydroxylation sites is 2. The van der Waals surface area contributed by atoms with E-state index in [-0.39, 0.29) is 12.0 Å². The molecule has 0 aliphatic carbocycles. The van der Waals surface area contributed by atoms with Crippen molar-refractivity contribution in [2.75, 3.05) is 26.1 Å². The molecule has 0 saturated carbocycles. The van der Waals surface area contributed by atoms with Crippen molar-refractivity contribution in [3.63, 3.8) is 0 Å². The third-order valence-corrected chi connectivity index (χ3v) is 4.13. The minimum absolute atomic E-state index is 0.261. The maximum Gasteiger partial charge on any atom is 0.310 e. The van der Waals surface area contributed by atoms with Crippen LogP contribution in [0.5, 0.6) is 17.2 Å². The Morgan fingerprint density at radius 1 is 1.11 bits per heavy atom. The van der Waals surface area contributed by atoms with Gasteiger partial charge in [-0.1, -0.05) is 12.1 Å². The Morgan fingerprint density at radius 2 is 1.89 bits per heavy atom. The maximum atomic E-state index is 12.3. The average molecular weight is 385 g/mol. The van der Waals surface area contributed by atoms with Gasteiger partial charge in [-0.05, 0) is 24.3 Å². The number of ether oxygens (including phenoxy) is 4. The Labute approximate surface area is 161 Å². The van der Waals surface area contributed by atoms with E-state index in [0.717, 1.165) is 0 Å². The number of Topliss-reactive ketones (excluding diaryl/α,β-unsaturated/α-hetero) is 1.